The zero-order valence-corrected chi connectivity index (χ0v) is 12.3. The number of nitrogens with two attached hydrogens (primary N) is 1. The molecule has 0 saturated carbocycles. The van der Waals surface area contributed by atoms with Crippen molar-refractivity contribution in [3.63, 3.8) is 0 Å². The van der Waals surface area contributed by atoms with Gasteiger partial charge in [-0.3, -0.25) is 4.79 Å². The molecule has 0 aliphatic carbocycles. The van der Waals surface area contributed by atoms with Crippen LogP contribution >= 0.6 is 0 Å². The second-order valence-electron chi connectivity index (χ2n) is 5.07. The molecule has 4 heteroatoms. The topological polar surface area (TPSA) is 55.6 Å². The average molecular weight is 264 g/mol. The molecular formula is C15H24N2O2. The van der Waals surface area contributed by atoms with E-state index in [1.165, 1.54) is 0 Å². The highest BCUT2D eigenvalue weighted by Gasteiger charge is 2.10. The number of rotatable bonds is 6. The van der Waals surface area contributed by atoms with Crippen LogP contribution in [0.15, 0.2) is 18.2 Å². The first kappa shape index (κ1) is 15.5. The van der Waals surface area contributed by atoms with Crippen LogP contribution in [-0.2, 0) is 11.3 Å². The molecule has 0 saturated heterocycles. The van der Waals surface area contributed by atoms with E-state index >= 15 is 0 Å². The molecule has 0 aromatic heterocycles. The molecule has 1 amide bonds. The number of methoxy groups -OCH3 is 1. The third kappa shape index (κ3) is 4.91. The summed E-state index contributed by atoms with van der Waals surface area (Å²) in [6, 6.07) is 6.04. The van der Waals surface area contributed by atoms with Gasteiger partial charge in [0.25, 0.3) is 0 Å². The predicted octanol–water partition coefficient (Wildman–Crippen LogP) is 2.09. The summed E-state index contributed by atoms with van der Waals surface area (Å²) in [7, 11) is 3.48. The van der Waals surface area contributed by atoms with Gasteiger partial charge in [0.1, 0.15) is 5.75 Å². The Morgan fingerprint density at radius 2 is 2.16 bits per heavy atom. The highest BCUT2D eigenvalue weighted by atomic mass is 16.5. The van der Waals surface area contributed by atoms with E-state index < -0.39 is 0 Å². The number of nitrogens with zero attached hydrogens (tertiary/aromatic N) is 1. The van der Waals surface area contributed by atoms with Gasteiger partial charge in [-0.15, -0.1) is 0 Å². The van der Waals surface area contributed by atoms with Gasteiger partial charge in [0.15, 0.2) is 0 Å². The first-order valence-electron chi connectivity index (χ1n) is 6.57. The number of carbonyl (C=O) groups is 1. The Morgan fingerprint density at radius 1 is 1.47 bits per heavy atom. The van der Waals surface area contributed by atoms with Gasteiger partial charge in [-0.25, -0.2) is 0 Å². The van der Waals surface area contributed by atoms with Crippen molar-refractivity contribution in [3.05, 3.63) is 29.3 Å². The van der Waals surface area contributed by atoms with E-state index in [2.05, 4.69) is 0 Å². The molecule has 106 valence electrons. The molecule has 1 aromatic carbocycles. The molecule has 0 spiro atoms. The van der Waals surface area contributed by atoms with Gasteiger partial charge >= 0.3 is 0 Å². The van der Waals surface area contributed by atoms with E-state index in [1.807, 2.05) is 39.1 Å². The molecule has 19 heavy (non-hydrogen) atoms. The minimum atomic E-state index is 0.0700. The van der Waals surface area contributed by atoms with Crippen molar-refractivity contribution >= 4 is 5.91 Å². The summed E-state index contributed by atoms with van der Waals surface area (Å²) >= 11 is 0. The van der Waals surface area contributed by atoms with Gasteiger partial charge in [0.2, 0.25) is 5.91 Å². The van der Waals surface area contributed by atoms with Crippen LogP contribution in [0.2, 0.25) is 0 Å². The van der Waals surface area contributed by atoms with E-state index in [0.717, 1.165) is 23.3 Å². The number of hydrogen-bond donors (Lipinski definition) is 1. The predicted molar refractivity (Wildman–Crippen MR) is 77.1 cm³/mol. The van der Waals surface area contributed by atoms with Gasteiger partial charge in [-0.05, 0) is 37.5 Å². The third-order valence-electron chi connectivity index (χ3n) is 3.12. The van der Waals surface area contributed by atoms with Gasteiger partial charge in [0, 0.05) is 26.1 Å². The first-order chi connectivity index (χ1) is 8.93. The summed E-state index contributed by atoms with van der Waals surface area (Å²) in [6.45, 7) is 4.53. The molecular weight excluding hydrogens is 240 g/mol. The van der Waals surface area contributed by atoms with Gasteiger partial charge in [0.05, 0.1) is 7.11 Å². The summed E-state index contributed by atoms with van der Waals surface area (Å²) in [5, 5.41) is 0. The minimum absolute atomic E-state index is 0.0700. The maximum Gasteiger partial charge on any atom is 0.222 e. The number of amides is 1. The highest BCUT2D eigenvalue weighted by Crippen LogP contribution is 2.19. The van der Waals surface area contributed by atoms with Crippen molar-refractivity contribution in [1.29, 1.82) is 0 Å². The fourth-order valence-corrected chi connectivity index (χ4v) is 1.94. The Hall–Kier alpha value is -1.55. The second-order valence-corrected chi connectivity index (χ2v) is 5.07. The fraction of sp³-hybridized carbons (Fsp3) is 0.533. The molecule has 0 aliphatic rings. The van der Waals surface area contributed by atoms with Crippen molar-refractivity contribution in [2.24, 2.45) is 5.73 Å². The molecule has 0 fully saturated rings. The van der Waals surface area contributed by atoms with Gasteiger partial charge < -0.3 is 15.4 Å². The lowest BCUT2D eigenvalue weighted by molar-refractivity contribution is -0.130. The quantitative estimate of drug-likeness (QED) is 0.856. The van der Waals surface area contributed by atoms with Gasteiger partial charge in [-0.1, -0.05) is 12.1 Å². The molecule has 1 unspecified atom stereocenters. The Balaban J connectivity index is 2.58. The van der Waals surface area contributed by atoms with Crippen LogP contribution in [0.4, 0.5) is 0 Å². The Bertz CT molecular complexity index is 430. The molecule has 0 heterocycles. The zero-order valence-electron chi connectivity index (χ0n) is 12.3. The summed E-state index contributed by atoms with van der Waals surface area (Å²) in [6.07, 6.45) is 1.23. The Morgan fingerprint density at radius 3 is 2.68 bits per heavy atom. The standard InChI is InChI=1S/C15H24N2O2/c1-11-9-13(6-7-14(11)19-4)10-17(3)15(18)8-5-12(2)16/h6-7,9,12H,5,8,10,16H2,1-4H3. The molecule has 0 bridgehead atoms. The lowest BCUT2D eigenvalue weighted by Gasteiger charge is -2.18. The summed E-state index contributed by atoms with van der Waals surface area (Å²) in [5.74, 6) is 1.00. The number of benzene rings is 1. The zero-order chi connectivity index (χ0) is 14.4. The van der Waals surface area contributed by atoms with Crippen LogP contribution in [0.3, 0.4) is 0 Å². The van der Waals surface area contributed by atoms with Crippen LogP contribution < -0.4 is 10.5 Å². The third-order valence-corrected chi connectivity index (χ3v) is 3.12. The molecule has 4 nitrogen and oxygen atoms in total. The van der Waals surface area contributed by atoms with Crippen LogP contribution in [0.25, 0.3) is 0 Å². The Kier molecular flexibility index (Phi) is 5.83. The largest absolute Gasteiger partial charge is 0.496 e. The maximum atomic E-state index is 11.9. The van der Waals surface area contributed by atoms with E-state index in [4.69, 9.17) is 10.5 Å². The summed E-state index contributed by atoms with van der Waals surface area (Å²) in [4.78, 5) is 13.6. The molecule has 1 atom stereocenters. The Labute approximate surface area is 115 Å². The first-order valence-corrected chi connectivity index (χ1v) is 6.57. The lowest BCUT2D eigenvalue weighted by atomic mass is 10.1. The minimum Gasteiger partial charge on any atom is -0.496 e. The van der Waals surface area contributed by atoms with Crippen molar-refractivity contribution in [2.75, 3.05) is 14.2 Å². The average Bonchev–Trinajstić information content (AvgIpc) is 2.36. The number of hydrogen-bond acceptors (Lipinski definition) is 3. The summed E-state index contributed by atoms with van der Waals surface area (Å²) < 4.78 is 5.22. The number of ether oxygens (including phenoxy) is 1. The van der Waals surface area contributed by atoms with E-state index in [-0.39, 0.29) is 11.9 Å². The van der Waals surface area contributed by atoms with E-state index in [1.54, 1.807) is 12.0 Å². The SMILES string of the molecule is COc1ccc(CN(C)C(=O)CCC(C)N)cc1C. The maximum absolute atomic E-state index is 11.9. The van der Waals surface area contributed by atoms with Crippen molar-refractivity contribution in [3.8, 4) is 5.75 Å². The fourth-order valence-electron chi connectivity index (χ4n) is 1.94. The highest BCUT2D eigenvalue weighted by molar-refractivity contribution is 5.75. The van der Waals surface area contributed by atoms with Crippen LogP contribution in [0.5, 0.6) is 5.75 Å². The number of aryl methyl sites for hydroxylation is 1. The van der Waals surface area contributed by atoms with E-state index in [0.29, 0.717) is 13.0 Å². The second kappa shape index (κ2) is 7.14. The smallest absolute Gasteiger partial charge is 0.222 e. The normalized spacial score (nSPS) is 12.1. The van der Waals surface area contributed by atoms with Crippen LogP contribution in [0, 0.1) is 6.92 Å². The molecule has 2 N–H and O–H groups in total. The summed E-state index contributed by atoms with van der Waals surface area (Å²) in [5.41, 5.74) is 7.85. The van der Waals surface area contributed by atoms with E-state index in [9.17, 15) is 4.79 Å². The molecule has 0 aliphatic heterocycles. The molecule has 1 aromatic rings. The van der Waals surface area contributed by atoms with Crippen molar-refractivity contribution in [1.82, 2.24) is 4.90 Å². The van der Waals surface area contributed by atoms with Crippen LogP contribution in [-0.4, -0.2) is 31.0 Å². The number of carbonyl (C=O) groups excluding carboxylic acids is 1. The van der Waals surface area contributed by atoms with Gasteiger partial charge in [-0.2, -0.15) is 0 Å². The molecule has 0 radical (unpaired) electrons. The van der Waals surface area contributed by atoms with Crippen molar-refractivity contribution in [2.45, 2.75) is 39.3 Å². The van der Waals surface area contributed by atoms with Crippen molar-refractivity contribution < 1.29 is 9.53 Å². The van der Waals surface area contributed by atoms with Crippen LogP contribution in [0.1, 0.15) is 30.9 Å². The molecule has 1 rings (SSSR count). The lowest BCUT2D eigenvalue weighted by Crippen LogP contribution is -2.28. The monoisotopic (exact) mass is 264 g/mol.